The molecule has 0 atom stereocenters. The fourth-order valence-corrected chi connectivity index (χ4v) is 1.58. The number of nitrogens with zero attached hydrogens (tertiary/aromatic N) is 1. The maximum atomic E-state index is 11.6. The van der Waals surface area contributed by atoms with Crippen molar-refractivity contribution in [3.05, 3.63) is 35.4 Å². The summed E-state index contributed by atoms with van der Waals surface area (Å²) in [7, 11) is 1.69. The standard InChI is InChI=1S/C13H18N2O2S/c1-9(2)17-13(16)15(3)8-10-5-4-6-11(7-10)12(14)18/h4-7,9H,8H2,1-3H3,(H2,14,18). The van der Waals surface area contributed by atoms with Gasteiger partial charge in [-0.2, -0.15) is 0 Å². The van der Waals surface area contributed by atoms with Crippen LogP contribution in [-0.4, -0.2) is 29.1 Å². The predicted octanol–water partition coefficient (Wildman–Crippen LogP) is 2.30. The molecule has 1 aromatic carbocycles. The molecule has 5 heteroatoms. The second kappa shape index (κ2) is 6.35. The van der Waals surface area contributed by atoms with Crippen molar-refractivity contribution in [3.63, 3.8) is 0 Å². The van der Waals surface area contributed by atoms with E-state index in [-0.39, 0.29) is 12.2 Å². The molecule has 98 valence electrons. The molecule has 18 heavy (non-hydrogen) atoms. The summed E-state index contributed by atoms with van der Waals surface area (Å²) in [5, 5.41) is 0. The van der Waals surface area contributed by atoms with Crippen molar-refractivity contribution in [2.45, 2.75) is 26.5 Å². The van der Waals surface area contributed by atoms with Gasteiger partial charge in [0.1, 0.15) is 4.99 Å². The Labute approximate surface area is 113 Å². The van der Waals surface area contributed by atoms with Crippen LogP contribution in [0.2, 0.25) is 0 Å². The molecule has 0 aliphatic carbocycles. The fraction of sp³-hybridized carbons (Fsp3) is 0.385. The number of carbonyl (C=O) groups is 1. The SMILES string of the molecule is CC(C)OC(=O)N(C)Cc1cccc(C(N)=S)c1. The molecular formula is C13H18N2O2S. The fourth-order valence-electron chi connectivity index (χ4n) is 1.45. The van der Waals surface area contributed by atoms with E-state index in [1.54, 1.807) is 7.05 Å². The Morgan fingerprint density at radius 1 is 1.50 bits per heavy atom. The van der Waals surface area contributed by atoms with Gasteiger partial charge in [0, 0.05) is 19.2 Å². The van der Waals surface area contributed by atoms with Crippen LogP contribution in [-0.2, 0) is 11.3 Å². The summed E-state index contributed by atoms with van der Waals surface area (Å²) in [6.07, 6.45) is -0.464. The number of nitrogens with two attached hydrogens (primary N) is 1. The molecular weight excluding hydrogens is 248 g/mol. The van der Waals surface area contributed by atoms with Gasteiger partial charge in [0.15, 0.2) is 0 Å². The van der Waals surface area contributed by atoms with Crippen LogP contribution in [0.3, 0.4) is 0 Å². The van der Waals surface area contributed by atoms with E-state index in [2.05, 4.69) is 0 Å². The van der Waals surface area contributed by atoms with Crippen molar-refractivity contribution in [2.75, 3.05) is 7.05 Å². The molecule has 4 nitrogen and oxygen atoms in total. The average molecular weight is 266 g/mol. The Balaban J connectivity index is 2.69. The third-order valence-corrected chi connectivity index (χ3v) is 2.52. The number of thiocarbonyl (C=S) groups is 1. The van der Waals surface area contributed by atoms with E-state index >= 15 is 0 Å². The number of carbonyl (C=O) groups excluding carboxylic acids is 1. The highest BCUT2D eigenvalue weighted by Gasteiger charge is 2.12. The highest BCUT2D eigenvalue weighted by Crippen LogP contribution is 2.09. The quantitative estimate of drug-likeness (QED) is 0.850. The second-order valence-corrected chi connectivity index (χ2v) is 4.79. The Bertz CT molecular complexity index is 446. The predicted molar refractivity (Wildman–Crippen MR) is 75.4 cm³/mol. The third kappa shape index (κ3) is 4.33. The smallest absolute Gasteiger partial charge is 0.410 e. The Kier molecular flexibility index (Phi) is 5.09. The number of ether oxygens (including phenoxy) is 1. The summed E-state index contributed by atoms with van der Waals surface area (Å²) in [6.45, 7) is 4.10. The van der Waals surface area contributed by atoms with Crippen LogP contribution in [0.5, 0.6) is 0 Å². The van der Waals surface area contributed by atoms with Crippen molar-refractivity contribution in [2.24, 2.45) is 5.73 Å². The minimum absolute atomic E-state index is 0.122. The number of amides is 1. The lowest BCUT2D eigenvalue weighted by atomic mass is 10.1. The first-order valence-corrected chi connectivity index (χ1v) is 6.11. The zero-order chi connectivity index (χ0) is 13.7. The number of hydrogen-bond acceptors (Lipinski definition) is 3. The van der Waals surface area contributed by atoms with E-state index < -0.39 is 0 Å². The minimum atomic E-state index is -0.342. The molecule has 0 unspecified atom stereocenters. The van der Waals surface area contributed by atoms with Gasteiger partial charge < -0.3 is 15.4 Å². The summed E-state index contributed by atoms with van der Waals surface area (Å²) < 4.78 is 5.10. The first-order chi connectivity index (χ1) is 8.40. The van der Waals surface area contributed by atoms with Gasteiger partial charge >= 0.3 is 6.09 Å². The molecule has 0 fully saturated rings. The normalized spacial score (nSPS) is 10.2. The molecule has 1 rings (SSSR count). The van der Waals surface area contributed by atoms with E-state index in [1.807, 2.05) is 38.1 Å². The van der Waals surface area contributed by atoms with Gasteiger partial charge in [-0.15, -0.1) is 0 Å². The van der Waals surface area contributed by atoms with Crippen LogP contribution >= 0.6 is 12.2 Å². The summed E-state index contributed by atoms with van der Waals surface area (Å²) in [4.78, 5) is 13.5. The summed E-state index contributed by atoms with van der Waals surface area (Å²) in [6, 6.07) is 7.51. The molecule has 0 bridgehead atoms. The second-order valence-electron chi connectivity index (χ2n) is 4.35. The molecule has 0 heterocycles. The zero-order valence-electron chi connectivity index (χ0n) is 10.8. The summed E-state index contributed by atoms with van der Waals surface area (Å²) in [5.41, 5.74) is 7.33. The van der Waals surface area contributed by atoms with Crippen LogP contribution in [0.25, 0.3) is 0 Å². The third-order valence-electron chi connectivity index (χ3n) is 2.28. The van der Waals surface area contributed by atoms with Crippen LogP contribution < -0.4 is 5.73 Å². The molecule has 0 saturated carbocycles. The average Bonchev–Trinajstić information content (AvgIpc) is 2.28. The van der Waals surface area contributed by atoms with Gasteiger partial charge in [0.2, 0.25) is 0 Å². The van der Waals surface area contributed by atoms with Crippen molar-refractivity contribution >= 4 is 23.3 Å². The Hall–Kier alpha value is -1.62. The van der Waals surface area contributed by atoms with Crippen LogP contribution in [0.15, 0.2) is 24.3 Å². The first kappa shape index (κ1) is 14.4. The Morgan fingerprint density at radius 3 is 2.72 bits per heavy atom. The monoisotopic (exact) mass is 266 g/mol. The lowest BCUT2D eigenvalue weighted by molar-refractivity contribution is 0.0822. The maximum absolute atomic E-state index is 11.6. The maximum Gasteiger partial charge on any atom is 0.410 e. The largest absolute Gasteiger partial charge is 0.447 e. The van der Waals surface area contributed by atoms with Gasteiger partial charge in [-0.3, -0.25) is 0 Å². The number of hydrogen-bond donors (Lipinski definition) is 1. The first-order valence-electron chi connectivity index (χ1n) is 5.70. The van der Waals surface area contributed by atoms with Crippen molar-refractivity contribution < 1.29 is 9.53 Å². The topological polar surface area (TPSA) is 55.6 Å². The van der Waals surface area contributed by atoms with Gasteiger partial charge in [0.25, 0.3) is 0 Å². The molecule has 1 amide bonds. The molecule has 0 radical (unpaired) electrons. The number of benzene rings is 1. The van der Waals surface area contributed by atoms with Crippen molar-refractivity contribution in [3.8, 4) is 0 Å². The molecule has 2 N–H and O–H groups in total. The Morgan fingerprint density at radius 2 is 2.17 bits per heavy atom. The number of rotatable bonds is 4. The van der Waals surface area contributed by atoms with Crippen LogP contribution in [0.1, 0.15) is 25.0 Å². The molecule has 0 aliphatic heterocycles. The van der Waals surface area contributed by atoms with Crippen LogP contribution in [0, 0.1) is 0 Å². The highest BCUT2D eigenvalue weighted by atomic mass is 32.1. The van der Waals surface area contributed by atoms with E-state index in [0.29, 0.717) is 11.5 Å². The van der Waals surface area contributed by atoms with Crippen molar-refractivity contribution in [1.29, 1.82) is 0 Å². The van der Waals surface area contributed by atoms with E-state index in [4.69, 9.17) is 22.7 Å². The van der Waals surface area contributed by atoms with E-state index in [9.17, 15) is 4.79 Å². The van der Waals surface area contributed by atoms with Gasteiger partial charge in [-0.05, 0) is 25.5 Å². The molecule has 0 aromatic heterocycles. The molecule has 0 aliphatic rings. The molecule has 1 aromatic rings. The highest BCUT2D eigenvalue weighted by molar-refractivity contribution is 7.80. The van der Waals surface area contributed by atoms with E-state index in [1.165, 1.54) is 4.90 Å². The lowest BCUT2D eigenvalue weighted by Crippen LogP contribution is -2.29. The van der Waals surface area contributed by atoms with Gasteiger partial charge in [-0.25, -0.2) is 4.79 Å². The van der Waals surface area contributed by atoms with Crippen LogP contribution in [0.4, 0.5) is 4.79 Å². The van der Waals surface area contributed by atoms with Gasteiger partial charge in [0.05, 0.1) is 6.10 Å². The van der Waals surface area contributed by atoms with E-state index in [0.717, 1.165) is 11.1 Å². The van der Waals surface area contributed by atoms with Gasteiger partial charge in [-0.1, -0.05) is 30.4 Å². The molecule has 0 spiro atoms. The summed E-state index contributed by atoms with van der Waals surface area (Å²) in [5.74, 6) is 0. The summed E-state index contributed by atoms with van der Waals surface area (Å²) >= 11 is 4.92. The minimum Gasteiger partial charge on any atom is -0.447 e. The van der Waals surface area contributed by atoms with Crippen molar-refractivity contribution in [1.82, 2.24) is 4.90 Å². The zero-order valence-corrected chi connectivity index (χ0v) is 11.7. The lowest BCUT2D eigenvalue weighted by Gasteiger charge is -2.19. The molecule has 0 saturated heterocycles.